The molecule has 0 atom stereocenters. The first kappa shape index (κ1) is 13.7. The normalized spacial score (nSPS) is 10.4. The molecule has 0 aliphatic heterocycles. The third kappa shape index (κ3) is 3.61. The molecule has 2 aromatic carbocycles. The Hall–Kier alpha value is -1.74. The van der Waals surface area contributed by atoms with E-state index in [-0.39, 0.29) is 0 Å². The first-order valence-electron chi connectivity index (χ1n) is 6.08. The van der Waals surface area contributed by atoms with Crippen molar-refractivity contribution < 1.29 is 9.90 Å². The maximum absolute atomic E-state index is 10.9. The number of aromatic carboxylic acids is 1. The molecular formula is C16H16O2S. The van der Waals surface area contributed by atoms with E-state index in [1.165, 1.54) is 16.7 Å². The van der Waals surface area contributed by atoms with Crippen molar-refractivity contribution in [2.45, 2.75) is 24.5 Å². The van der Waals surface area contributed by atoms with Gasteiger partial charge < -0.3 is 5.11 Å². The number of aryl methyl sites for hydroxylation is 2. The fourth-order valence-corrected chi connectivity index (χ4v) is 2.68. The quantitative estimate of drug-likeness (QED) is 0.843. The highest BCUT2D eigenvalue weighted by Crippen LogP contribution is 2.24. The summed E-state index contributed by atoms with van der Waals surface area (Å²) in [5, 5.41) is 8.95. The van der Waals surface area contributed by atoms with Crippen molar-refractivity contribution >= 4 is 17.7 Å². The van der Waals surface area contributed by atoms with Crippen LogP contribution in [-0.4, -0.2) is 11.1 Å². The molecule has 2 aromatic rings. The van der Waals surface area contributed by atoms with Gasteiger partial charge in [-0.25, -0.2) is 4.79 Å². The molecule has 0 aliphatic rings. The molecule has 3 heteroatoms. The van der Waals surface area contributed by atoms with E-state index >= 15 is 0 Å². The second kappa shape index (κ2) is 5.93. The van der Waals surface area contributed by atoms with Crippen LogP contribution in [0, 0.1) is 13.8 Å². The van der Waals surface area contributed by atoms with Crippen LogP contribution in [0.2, 0.25) is 0 Å². The van der Waals surface area contributed by atoms with Crippen LogP contribution >= 0.6 is 11.8 Å². The largest absolute Gasteiger partial charge is 0.478 e. The Balaban J connectivity index is 2.07. The first-order valence-corrected chi connectivity index (χ1v) is 7.07. The summed E-state index contributed by atoms with van der Waals surface area (Å²) < 4.78 is 0. The van der Waals surface area contributed by atoms with Gasteiger partial charge in [-0.2, -0.15) is 0 Å². The molecule has 98 valence electrons. The topological polar surface area (TPSA) is 37.3 Å². The minimum absolute atomic E-state index is 0.338. The zero-order valence-corrected chi connectivity index (χ0v) is 11.8. The fourth-order valence-electron chi connectivity index (χ4n) is 1.78. The number of hydrogen-bond acceptors (Lipinski definition) is 2. The summed E-state index contributed by atoms with van der Waals surface area (Å²) in [5.41, 5.74) is 4.18. The zero-order chi connectivity index (χ0) is 13.8. The molecule has 0 aromatic heterocycles. The second-order valence-electron chi connectivity index (χ2n) is 4.54. The Morgan fingerprint density at radius 1 is 1.11 bits per heavy atom. The van der Waals surface area contributed by atoms with Gasteiger partial charge in [0.25, 0.3) is 0 Å². The molecule has 1 N–H and O–H groups in total. The van der Waals surface area contributed by atoms with Crippen LogP contribution in [0.5, 0.6) is 0 Å². The lowest BCUT2D eigenvalue weighted by molar-refractivity contribution is 0.0696. The second-order valence-corrected chi connectivity index (χ2v) is 5.59. The van der Waals surface area contributed by atoms with Gasteiger partial charge in [0.1, 0.15) is 0 Å². The van der Waals surface area contributed by atoms with Crippen molar-refractivity contribution in [1.29, 1.82) is 0 Å². The molecule has 2 nitrogen and oxygen atoms in total. The molecule has 0 unspecified atom stereocenters. The predicted molar refractivity (Wildman–Crippen MR) is 78.9 cm³/mol. The number of carbonyl (C=O) groups is 1. The molecule has 0 bridgehead atoms. The van der Waals surface area contributed by atoms with Gasteiger partial charge in [0.2, 0.25) is 0 Å². The molecule has 19 heavy (non-hydrogen) atoms. The number of carboxylic acid groups (broad SMARTS) is 1. The van der Waals surface area contributed by atoms with E-state index in [4.69, 9.17) is 5.11 Å². The molecule has 0 saturated carbocycles. The van der Waals surface area contributed by atoms with Crippen LogP contribution in [0.15, 0.2) is 47.4 Å². The fraction of sp³-hybridized carbons (Fsp3) is 0.188. The molecule has 0 spiro atoms. The Bertz CT molecular complexity index is 605. The van der Waals surface area contributed by atoms with E-state index in [1.54, 1.807) is 30.0 Å². The Labute approximate surface area is 117 Å². The van der Waals surface area contributed by atoms with Crippen LogP contribution in [-0.2, 0) is 5.75 Å². The number of thioether (sulfide) groups is 1. The molecule has 2 rings (SSSR count). The van der Waals surface area contributed by atoms with Crippen molar-refractivity contribution in [3.05, 3.63) is 64.7 Å². The van der Waals surface area contributed by atoms with Gasteiger partial charge in [-0.15, -0.1) is 11.8 Å². The molecule has 0 amide bonds. The van der Waals surface area contributed by atoms with Crippen LogP contribution in [0.25, 0.3) is 0 Å². The van der Waals surface area contributed by atoms with Crippen LogP contribution in [0.4, 0.5) is 0 Å². The standard InChI is InChI=1S/C16H16O2S/c1-11-6-7-13(8-12(11)2)10-19-15-5-3-4-14(9-15)16(17)18/h3-9H,10H2,1-2H3,(H,17,18). The van der Waals surface area contributed by atoms with Gasteiger partial charge in [0, 0.05) is 10.6 Å². The van der Waals surface area contributed by atoms with E-state index in [1.807, 2.05) is 6.07 Å². The lowest BCUT2D eigenvalue weighted by Crippen LogP contribution is -1.95. The first-order chi connectivity index (χ1) is 9.06. The number of hydrogen-bond donors (Lipinski definition) is 1. The summed E-state index contributed by atoms with van der Waals surface area (Å²) in [5.74, 6) is -0.0295. The zero-order valence-electron chi connectivity index (χ0n) is 11.0. The van der Waals surface area contributed by atoms with Gasteiger partial charge >= 0.3 is 5.97 Å². The number of rotatable bonds is 4. The summed E-state index contributed by atoms with van der Waals surface area (Å²) in [6, 6.07) is 13.5. The molecule has 0 radical (unpaired) electrons. The van der Waals surface area contributed by atoms with Crippen LogP contribution in [0.3, 0.4) is 0 Å². The lowest BCUT2D eigenvalue weighted by atomic mass is 10.1. The van der Waals surface area contributed by atoms with Gasteiger partial charge in [-0.3, -0.25) is 0 Å². The molecular weight excluding hydrogens is 256 g/mol. The van der Waals surface area contributed by atoms with Crippen LogP contribution < -0.4 is 0 Å². The van der Waals surface area contributed by atoms with Gasteiger partial charge in [-0.1, -0.05) is 24.3 Å². The average molecular weight is 272 g/mol. The number of carboxylic acids is 1. The summed E-state index contributed by atoms with van der Waals surface area (Å²) in [7, 11) is 0. The third-order valence-electron chi connectivity index (χ3n) is 3.06. The average Bonchev–Trinajstić information content (AvgIpc) is 2.40. The van der Waals surface area contributed by atoms with Gasteiger partial charge in [0.05, 0.1) is 5.56 Å². The summed E-state index contributed by atoms with van der Waals surface area (Å²) >= 11 is 1.66. The maximum atomic E-state index is 10.9. The Morgan fingerprint density at radius 2 is 1.89 bits per heavy atom. The summed E-state index contributed by atoms with van der Waals surface area (Å²) in [4.78, 5) is 11.9. The molecule has 0 saturated heterocycles. The maximum Gasteiger partial charge on any atom is 0.335 e. The van der Waals surface area contributed by atoms with Crippen LogP contribution in [0.1, 0.15) is 27.0 Å². The molecule has 0 aliphatic carbocycles. The Morgan fingerprint density at radius 3 is 2.58 bits per heavy atom. The molecule has 0 heterocycles. The van der Waals surface area contributed by atoms with Crippen molar-refractivity contribution in [3.8, 4) is 0 Å². The van der Waals surface area contributed by atoms with Gasteiger partial charge in [0.15, 0.2) is 0 Å². The van der Waals surface area contributed by atoms with E-state index in [2.05, 4.69) is 32.0 Å². The minimum Gasteiger partial charge on any atom is -0.478 e. The Kier molecular flexibility index (Phi) is 4.27. The van der Waals surface area contributed by atoms with Crippen molar-refractivity contribution in [1.82, 2.24) is 0 Å². The summed E-state index contributed by atoms with van der Waals surface area (Å²) in [6.45, 7) is 4.21. The molecule has 0 fully saturated rings. The minimum atomic E-state index is -0.881. The predicted octanol–water partition coefficient (Wildman–Crippen LogP) is 4.29. The van der Waals surface area contributed by atoms with E-state index in [0.717, 1.165) is 10.6 Å². The number of benzene rings is 2. The van der Waals surface area contributed by atoms with E-state index in [9.17, 15) is 4.79 Å². The van der Waals surface area contributed by atoms with Crippen molar-refractivity contribution in [3.63, 3.8) is 0 Å². The highest BCUT2D eigenvalue weighted by atomic mass is 32.2. The highest BCUT2D eigenvalue weighted by Gasteiger charge is 2.04. The lowest BCUT2D eigenvalue weighted by Gasteiger charge is -2.06. The monoisotopic (exact) mass is 272 g/mol. The van der Waals surface area contributed by atoms with Crippen molar-refractivity contribution in [2.75, 3.05) is 0 Å². The van der Waals surface area contributed by atoms with Gasteiger partial charge in [-0.05, 0) is 48.7 Å². The SMILES string of the molecule is Cc1ccc(CSc2cccc(C(=O)O)c2)cc1C. The van der Waals surface area contributed by atoms with E-state index in [0.29, 0.717) is 5.56 Å². The van der Waals surface area contributed by atoms with Crippen molar-refractivity contribution in [2.24, 2.45) is 0 Å². The smallest absolute Gasteiger partial charge is 0.335 e. The third-order valence-corrected chi connectivity index (χ3v) is 4.12. The van der Waals surface area contributed by atoms with E-state index < -0.39 is 5.97 Å². The highest BCUT2D eigenvalue weighted by molar-refractivity contribution is 7.98. The summed E-state index contributed by atoms with van der Waals surface area (Å²) in [6.07, 6.45) is 0.